The second kappa shape index (κ2) is 9.40. The third-order valence-electron chi connectivity index (χ3n) is 4.95. The number of anilines is 1. The Balaban J connectivity index is 1.33. The van der Waals surface area contributed by atoms with Crippen LogP contribution in [0.1, 0.15) is 18.4 Å². The number of sulfone groups is 1. The lowest BCUT2D eigenvalue weighted by atomic mass is 10.2. The van der Waals surface area contributed by atoms with Crippen LogP contribution < -0.4 is 5.32 Å². The lowest BCUT2D eigenvalue weighted by Crippen LogP contribution is -2.14. The fraction of sp³-hybridized carbons (Fsp3) is 0.167. The van der Waals surface area contributed by atoms with Crippen LogP contribution in [0.5, 0.6) is 0 Å². The molecule has 0 spiro atoms. The monoisotopic (exact) mass is 484 g/mol. The molecule has 0 unspecified atom stereocenters. The number of thiazole rings is 1. The van der Waals surface area contributed by atoms with E-state index < -0.39 is 9.84 Å². The molecule has 0 aliphatic carbocycles. The molecule has 0 radical (unpaired) electrons. The van der Waals surface area contributed by atoms with Gasteiger partial charge in [0, 0.05) is 22.7 Å². The van der Waals surface area contributed by atoms with Crippen molar-refractivity contribution in [2.75, 3.05) is 11.1 Å². The fourth-order valence-corrected chi connectivity index (χ4v) is 5.76. The third-order valence-corrected chi connectivity index (χ3v) is 8.08. The van der Waals surface area contributed by atoms with Crippen molar-refractivity contribution in [3.8, 4) is 10.6 Å². The second-order valence-corrected chi connectivity index (χ2v) is 11.1. The van der Waals surface area contributed by atoms with Crippen molar-refractivity contribution in [2.45, 2.75) is 24.7 Å². The zero-order valence-corrected chi connectivity index (χ0v) is 19.7. The van der Waals surface area contributed by atoms with Crippen LogP contribution in [0.25, 0.3) is 20.8 Å². The van der Waals surface area contributed by atoms with E-state index in [9.17, 15) is 13.2 Å². The number of hydrogen-bond donors (Lipinski definition) is 1. The van der Waals surface area contributed by atoms with Gasteiger partial charge in [0.15, 0.2) is 9.84 Å². The quantitative estimate of drug-likeness (QED) is 0.343. The van der Waals surface area contributed by atoms with E-state index in [2.05, 4.69) is 23.3 Å². The van der Waals surface area contributed by atoms with Gasteiger partial charge in [0.1, 0.15) is 5.01 Å². The summed E-state index contributed by atoms with van der Waals surface area (Å²) < 4.78 is 25.9. The standard InChI is InChI=1S/C24H21ClN2O3S2/c1-16-4-13-21-22(15-16)31-24(27-21)17-5-9-19(10-6-17)26-23(28)3-2-14-32(29,30)20-11-7-18(25)8-12-20/h4-13,15H,2-3,14H2,1H3,(H,26,28). The summed E-state index contributed by atoms with van der Waals surface area (Å²) in [5, 5.41) is 4.23. The Labute approximate surface area is 196 Å². The number of aryl methyl sites for hydroxylation is 1. The van der Waals surface area contributed by atoms with Crippen LogP contribution in [0.3, 0.4) is 0 Å². The molecule has 4 rings (SSSR count). The molecule has 0 aliphatic heterocycles. The lowest BCUT2D eigenvalue weighted by molar-refractivity contribution is -0.116. The van der Waals surface area contributed by atoms with Crippen molar-refractivity contribution in [3.05, 3.63) is 77.3 Å². The molecule has 5 nitrogen and oxygen atoms in total. The number of rotatable bonds is 7. The van der Waals surface area contributed by atoms with Crippen LogP contribution in [0, 0.1) is 6.92 Å². The zero-order chi connectivity index (χ0) is 22.7. The van der Waals surface area contributed by atoms with Gasteiger partial charge in [-0.1, -0.05) is 17.7 Å². The molecular formula is C24H21ClN2O3S2. The summed E-state index contributed by atoms with van der Waals surface area (Å²) in [6.07, 6.45) is 0.353. The molecule has 1 N–H and O–H groups in total. The Morgan fingerprint density at radius 1 is 1.03 bits per heavy atom. The van der Waals surface area contributed by atoms with E-state index in [4.69, 9.17) is 11.6 Å². The van der Waals surface area contributed by atoms with E-state index in [1.165, 1.54) is 17.7 Å². The van der Waals surface area contributed by atoms with Gasteiger partial charge < -0.3 is 5.32 Å². The molecule has 0 aliphatic rings. The van der Waals surface area contributed by atoms with Crippen molar-refractivity contribution in [1.82, 2.24) is 4.98 Å². The van der Waals surface area contributed by atoms with Crippen LogP contribution in [-0.2, 0) is 14.6 Å². The summed E-state index contributed by atoms with van der Waals surface area (Å²) in [4.78, 5) is 17.1. The highest BCUT2D eigenvalue weighted by Crippen LogP contribution is 2.31. The van der Waals surface area contributed by atoms with Crippen molar-refractivity contribution in [3.63, 3.8) is 0 Å². The molecule has 0 atom stereocenters. The Bertz CT molecular complexity index is 1360. The molecule has 8 heteroatoms. The molecule has 1 amide bonds. The van der Waals surface area contributed by atoms with Crippen molar-refractivity contribution in [2.24, 2.45) is 0 Å². The molecule has 4 aromatic rings. The van der Waals surface area contributed by atoms with Crippen molar-refractivity contribution < 1.29 is 13.2 Å². The van der Waals surface area contributed by atoms with Crippen LogP contribution in [-0.4, -0.2) is 25.1 Å². The number of halogens is 1. The number of amides is 1. The average molecular weight is 485 g/mol. The van der Waals surface area contributed by atoms with Crippen LogP contribution in [0.2, 0.25) is 5.02 Å². The Morgan fingerprint density at radius 2 is 1.75 bits per heavy atom. The van der Waals surface area contributed by atoms with Gasteiger partial charge in [-0.25, -0.2) is 13.4 Å². The first-order valence-electron chi connectivity index (χ1n) is 10.1. The number of nitrogens with one attached hydrogen (secondary N) is 1. The largest absolute Gasteiger partial charge is 0.326 e. The summed E-state index contributed by atoms with van der Waals surface area (Å²) >= 11 is 7.44. The number of carbonyl (C=O) groups is 1. The van der Waals surface area contributed by atoms with Gasteiger partial charge in [0.05, 0.1) is 20.9 Å². The fourth-order valence-electron chi connectivity index (χ4n) is 3.26. The lowest BCUT2D eigenvalue weighted by Gasteiger charge is -2.07. The summed E-state index contributed by atoms with van der Waals surface area (Å²) in [7, 11) is -3.44. The smallest absolute Gasteiger partial charge is 0.224 e. The maximum atomic E-state index is 12.4. The molecule has 32 heavy (non-hydrogen) atoms. The van der Waals surface area contributed by atoms with Gasteiger partial charge in [-0.2, -0.15) is 0 Å². The molecule has 1 heterocycles. The summed E-state index contributed by atoms with van der Waals surface area (Å²) in [6, 6.07) is 19.7. The molecule has 164 valence electrons. The van der Waals surface area contributed by atoms with Crippen LogP contribution in [0.15, 0.2) is 71.6 Å². The Hall–Kier alpha value is -2.74. The van der Waals surface area contributed by atoms with Crippen molar-refractivity contribution in [1.29, 1.82) is 0 Å². The number of nitrogens with zero attached hydrogens (tertiary/aromatic N) is 1. The molecule has 1 aromatic heterocycles. The number of benzene rings is 3. The van der Waals surface area contributed by atoms with E-state index in [-0.39, 0.29) is 29.4 Å². The van der Waals surface area contributed by atoms with Crippen molar-refractivity contribution >= 4 is 54.6 Å². The highest BCUT2D eigenvalue weighted by molar-refractivity contribution is 7.91. The minimum atomic E-state index is -3.44. The Kier molecular flexibility index (Phi) is 6.60. The first-order valence-corrected chi connectivity index (χ1v) is 12.9. The minimum Gasteiger partial charge on any atom is -0.326 e. The molecule has 0 fully saturated rings. The first-order chi connectivity index (χ1) is 15.3. The second-order valence-electron chi connectivity index (χ2n) is 7.49. The van der Waals surface area contributed by atoms with Crippen LogP contribution >= 0.6 is 22.9 Å². The summed E-state index contributed by atoms with van der Waals surface area (Å²) in [6.45, 7) is 2.06. The third kappa shape index (κ3) is 5.35. The van der Waals surface area contributed by atoms with E-state index in [0.717, 1.165) is 20.8 Å². The summed E-state index contributed by atoms with van der Waals surface area (Å²) in [5.41, 5.74) is 3.82. The maximum absolute atomic E-state index is 12.4. The average Bonchev–Trinajstić information content (AvgIpc) is 3.17. The van der Waals surface area contributed by atoms with Gasteiger partial charge in [-0.15, -0.1) is 11.3 Å². The van der Waals surface area contributed by atoms with E-state index in [1.807, 2.05) is 36.4 Å². The van der Waals surface area contributed by atoms with Gasteiger partial charge in [0.2, 0.25) is 5.91 Å². The van der Waals surface area contributed by atoms with Gasteiger partial charge in [-0.3, -0.25) is 4.79 Å². The number of carbonyl (C=O) groups excluding carboxylic acids is 1. The normalized spacial score (nSPS) is 11.6. The molecule has 3 aromatic carbocycles. The number of aromatic nitrogens is 1. The SMILES string of the molecule is Cc1ccc2nc(-c3ccc(NC(=O)CCCS(=O)(=O)c4ccc(Cl)cc4)cc3)sc2c1. The molecular weight excluding hydrogens is 464 g/mol. The van der Waals surface area contributed by atoms with Crippen LogP contribution in [0.4, 0.5) is 5.69 Å². The highest BCUT2D eigenvalue weighted by Gasteiger charge is 2.15. The van der Waals surface area contributed by atoms with E-state index in [1.54, 1.807) is 23.5 Å². The van der Waals surface area contributed by atoms with Gasteiger partial charge in [-0.05, 0) is 79.6 Å². The topological polar surface area (TPSA) is 76.1 Å². The predicted molar refractivity (Wildman–Crippen MR) is 131 cm³/mol. The molecule has 0 saturated carbocycles. The molecule has 0 saturated heterocycles. The molecule has 0 bridgehead atoms. The minimum absolute atomic E-state index is 0.0991. The van der Waals surface area contributed by atoms with Gasteiger partial charge >= 0.3 is 0 Å². The summed E-state index contributed by atoms with van der Waals surface area (Å²) in [5.74, 6) is -0.322. The predicted octanol–water partition coefficient (Wildman–Crippen LogP) is 6.12. The van der Waals surface area contributed by atoms with E-state index in [0.29, 0.717) is 10.7 Å². The zero-order valence-electron chi connectivity index (χ0n) is 17.3. The highest BCUT2D eigenvalue weighted by atomic mass is 35.5. The maximum Gasteiger partial charge on any atom is 0.224 e. The van der Waals surface area contributed by atoms with Gasteiger partial charge in [0.25, 0.3) is 0 Å². The number of hydrogen-bond acceptors (Lipinski definition) is 5. The Morgan fingerprint density at radius 3 is 2.47 bits per heavy atom. The van der Waals surface area contributed by atoms with E-state index >= 15 is 0 Å². The first kappa shape index (κ1) is 22.5. The number of fused-ring (bicyclic) bond motifs is 1.